The molecule has 1 aliphatic carbocycles. The van der Waals surface area contributed by atoms with Crippen molar-refractivity contribution in [3.05, 3.63) is 11.8 Å². The van der Waals surface area contributed by atoms with Crippen LogP contribution in [0.25, 0.3) is 0 Å². The molecule has 1 aromatic heterocycles. The van der Waals surface area contributed by atoms with Crippen LogP contribution in [0.1, 0.15) is 24.8 Å². The molecule has 20 heavy (non-hydrogen) atoms. The molecule has 1 N–H and O–H groups in total. The fourth-order valence-electron chi connectivity index (χ4n) is 2.60. The molecule has 0 saturated heterocycles. The van der Waals surface area contributed by atoms with Gasteiger partial charge in [0.15, 0.2) is 5.03 Å². The minimum atomic E-state index is -3.58. The molecule has 0 aliphatic heterocycles. The standard InChI is InChI=1S/C12H21ClN4O2S/c1-16(2)12(5-4-6-12)9-17(3)20(18,19)11-10(7-13)8-14-15-11/h8H,4-7,9H2,1-3H3,(H,14,15). The molecule has 1 heterocycles. The van der Waals surface area contributed by atoms with Crippen molar-refractivity contribution in [2.24, 2.45) is 0 Å². The molecule has 1 aromatic rings. The van der Waals surface area contributed by atoms with Gasteiger partial charge in [-0.1, -0.05) is 0 Å². The predicted molar refractivity (Wildman–Crippen MR) is 78.2 cm³/mol. The Kier molecular flexibility index (Phi) is 4.44. The van der Waals surface area contributed by atoms with Crippen LogP contribution in [0.4, 0.5) is 0 Å². The monoisotopic (exact) mass is 320 g/mol. The summed E-state index contributed by atoms with van der Waals surface area (Å²) in [5.74, 6) is 0.123. The number of H-pyrrole nitrogens is 1. The first kappa shape index (κ1) is 15.8. The van der Waals surface area contributed by atoms with E-state index in [0.29, 0.717) is 12.1 Å². The number of hydrogen-bond acceptors (Lipinski definition) is 4. The SMILES string of the molecule is CN(C)C1(CN(C)S(=O)(=O)c2[nH]ncc2CCl)CCC1. The topological polar surface area (TPSA) is 69.3 Å². The summed E-state index contributed by atoms with van der Waals surface area (Å²) < 4.78 is 26.6. The maximum absolute atomic E-state index is 12.6. The van der Waals surface area contributed by atoms with E-state index in [-0.39, 0.29) is 16.4 Å². The van der Waals surface area contributed by atoms with Crippen LogP contribution in [0.15, 0.2) is 11.2 Å². The Labute approximate surface area is 125 Å². The van der Waals surface area contributed by atoms with Crippen LogP contribution in [0, 0.1) is 0 Å². The normalized spacial score (nSPS) is 18.5. The van der Waals surface area contributed by atoms with Gasteiger partial charge in [-0.15, -0.1) is 11.6 Å². The van der Waals surface area contributed by atoms with Crippen LogP contribution < -0.4 is 0 Å². The maximum Gasteiger partial charge on any atom is 0.260 e. The van der Waals surface area contributed by atoms with E-state index in [1.807, 2.05) is 14.1 Å². The van der Waals surface area contributed by atoms with Gasteiger partial charge in [-0.05, 0) is 33.4 Å². The fourth-order valence-corrected chi connectivity index (χ4v) is 4.23. The summed E-state index contributed by atoms with van der Waals surface area (Å²) in [6.07, 6.45) is 4.64. The van der Waals surface area contributed by atoms with Gasteiger partial charge >= 0.3 is 0 Å². The number of aromatic amines is 1. The lowest BCUT2D eigenvalue weighted by Crippen LogP contribution is -2.57. The second kappa shape index (κ2) is 5.63. The predicted octanol–water partition coefficient (Wildman–Crippen LogP) is 1.25. The van der Waals surface area contributed by atoms with Gasteiger partial charge in [0.1, 0.15) is 0 Å². The number of halogens is 1. The van der Waals surface area contributed by atoms with Gasteiger partial charge in [0, 0.05) is 24.7 Å². The number of nitrogens with one attached hydrogen (secondary N) is 1. The molecule has 1 saturated carbocycles. The van der Waals surface area contributed by atoms with E-state index in [9.17, 15) is 8.42 Å². The van der Waals surface area contributed by atoms with Crippen molar-refractivity contribution in [3.63, 3.8) is 0 Å². The average Bonchev–Trinajstić information content (AvgIpc) is 2.81. The zero-order valence-corrected chi connectivity index (χ0v) is 13.6. The molecule has 0 spiro atoms. The van der Waals surface area contributed by atoms with Crippen LogP contribution in [0.3, 0.4) is 0 Å². The largest absolute Gasteiger partial charge is 0.302 e. The van der Waals surface area contributed by atoms with Crippen LogP contribution in [-0.2, 0) is 15.9 Å². The van der Waals surface area contributed by atoms with Gasteiger partial charge in [0.05, 0.1) is 12.1 Å². The number of likely N-dealkylation sites (N-methyl/N-ethyl adjacent to an activating group) is 2. The van der Waals surface area contributed by atoms with E-state index in [4.69, 9.17) is 11.6 Å². The highest BCUT2D eigenvalue weighted by Gasteiger charge is 2.42. The zero-order chi connectivity index (χ0) is 15.0. The summed E-state index contributed by atoms with van der Waals surface area (Å²) in [6, 6.07) is 0. The Bertz CT molecular complexity index is 566. The first-order valence-corrected chi connectivity index (χ1v) is 8.53. The Morgan fingerprint density at radius 3 is 2.50 bits per heavy atom. The summed E-state index contributed by atoms with van der Waals surface area (Å²) in [6.45, 7) is 0.475. The third kappa shape index (κ3) is 2.59. The highest BCUT2D eigenvalue weighted by Crippen LogP contribution is 2.37. The molecule has 2 rings (SSSR count). The molecule has 0 atom stereocenters. The number of aromatic nitrogens is 2. The first-order valence-electron chi connectivity index (χ1n) is 6.55. The van der Waals surface area contributed by atoms with Crippen molar-refractivity contribution in [3.8, 4) is 0 Å². The zero-order valence-electron chi connectivity index (χ0n) is 12.1. The summed E-state index contributed by atoms with van der Waals surface area (Å²) in [7, 11) is 2.03. The smallest absolute Gasteiger partial charge is 0.260 e. The first-order chi connectivity index (χ1) is 9.33. The van der Waals surface area contributed by atoms with Gasteiger partial charge < -0.3 is 4.90 Å². The number of rotatable bonds is 6. The lowest BCUT2D eigenvalue weighted by atomic mass is 9.75. The third-order valence-electron chi connectivity index (χ3n) is 4.24. The van der Waals surface area contributed by atoms with Gasteiger partial charge in [0.25, 0.3) is 10.0 Å². The average molecular weight is 321 g/mol. The van der Waals surface area contributed by atoms with Gasteiger partial charge in [-0.25, -0.2) is 8.42 Å². The second-order valence-corrected chi connectivity index (χ2v) is 7.84. The molecule has 114 valence electrons. The van der Waals surface area contributed by atoms with Crippen LogP contribution in [0.5, 0.6) is 0 Å². The van der Waals surface area contributed by atoms with Gasteiger partial charge in [0.2, 0.25) is 0 Å². The summed E-state index contributed by atoms with van der Waals surface area (Å²) in [4.78, 5) is 2.12. The number of nitrogens with zero attached hydrogens (tertiary/aromatic N) is 3. The van der Waals surface area contributed by atoms with Crippen molar-refractivity contribution in [2.75, 3.05) is 27.7 Å². The summed E-state index contributed by atoms with van der Waals surface area (Å²) in [5, 5.41) is 6.43. The summed E-state index contributed by atoms with van der Waals surface area (Å²) in [5.41, 5.74) is 0.453. The Hall–Kier alpha value is -0.630. The maximum atomic E-state index is 12.6. The van der Waals surface area contributed by atoms with Crippen molar-refractivity contribution in [1.82, 2.24) is 19.4 Å². The molecule has 0 unspecified atom stereocenters. The Morgan fingerprint density at radius 1 is 1.40 bits per heavy atom. The van der Waals surface area contributed by atoms with E-state index in [1.54, 1.807) is 7.05 Å². The van der Waals surface area contributed by atoms with Crippen LogP contribution in [-0.4, -0.2) is 61.0 Å². The second-order valence-electron chi connectivity index (χ2n) is 5.59. The van der Waals surface area contributed by atoms with E-state index < -0.39 is 10.0 Å². The minimum Gasteiger partial charge on any atom is -0.302 e. The minimum absolute atomic E-state index is 0.0526. The molecular formula is C12H21ClN4O2S. The van der Waals surface area contributed by atoms with Crippen molar-refractivity contribution < 1.29 is 8.42 Å². The molecule has 1 aliphatic rings. The molecule has 0 radical (unpaired) electrons. The van der Waals surface area contributed by atoms with Crippen molar-refractivity contribution in [2.45, 2.75) is 35.7 Å². The van der Waals surface area contributed by atoms with E-state index >= 15 is 0 Å². The summed E-state index contributed by atoms with van der Waals surface area (Å²) >= 11 is 5.75. The number of sulfonamides is 1. The van der Waals surface area contributed by atoms with Crippen molar-refractivity contribution in [1.29, 1.82) is 0 Å². The molecule has 1 fully saturated rings. The van der Waals surface area contributed by atoms with E-state index in [0.717, 1.165) is 19.3 Å². The van der Waals surface area contributed by atoms with E-state index in [1.165, 1.54) is 10.5 Å². The highest BCUT2D eigenvalue weighted by atomic mass is 35.5. The van der Waals surface area contributed by atoms with Crippen molar-refractivity contribution >= 4 is 21.6 Å². The molecule has 0 aromatic carbocycles. The molecular weight excluding hydrogens is 300 g/mol. The van der Waals surface area contributed by atoms with E-state index in [2.05, 4.69) is 15.1 Å². The molecule has 6 nitrogen and oxygen atoms in total. The fraction of sp³-hybridized carbons (Fsp3) is 0.750. The number of alkyl halides is 1. The number of hydrogen-bond donors (Lipinski definition) is 1. The highest BCUT2D eigenvalue weighted by molar-refractivity contribution is 7.89. The lowest BCUT2D eigenvalue weighted by molar-refractivity contribution is 0.0455. The Morgan fingerprint density at radius 2 is 2.05 bits per heavy atom. The molecule has 8 heteroatoms. The molecule has 0 bridgehead atoms. The van der Waals surface area contributed by atoms with Gasteiger partial charge in [-0.3, -0.25) is 5.10 Å². The van der Waals surface area contributed by atoms with Crippen LogP contribution in [0.2, 0.25) is 0 Å². The van der Waals surface area contributed by atoms with Gasteiger partial charge in [-0.2, -0.15) is 9.40 Å². The van der Waals surface area contributed by atoms with Crippen LogP contribution >= 0.6 is 11.6 Å². The molecule has 0 amide bonds. The third-order valence-corrected chi connectivity index (χ3v) is 6.35. The Balaban J connectivity index is 2.22. The lowest BCUT2D eigenvalue weighted by Gasteiger charge is -2.48. The quantitative estimate of drug-likeness (QED) is 0.801.